The minimum absolute atomic E-state index is 0.302. The highest BCUT2D eigenvalue weighted by atomic mass is 19.1. The van der Waals surface area contributed by atoms with Gasteiger partial charge in [-0.3, -0.25) is 0 Å². The zero-order chi connectivity index (χ0) is 11.5. The predicted octanol–water partition coefficient (Wildman–Crippen LogP) is 1.97. The van der Waals surface area contributed by atoms with Crippen LogP contribution in [0.4, 0.5) is 21.7 Å². The van der Waals surface area contributed by atoms with Crippen molar-refractivity contribution in [3.63, 3.8) is 0 Å². The minimum atomic E-state index is -0.302. The molecule has 0 spiro atoms. The zero-order valence-corrected chi connectivity index (χ0v) is 8.76. The van der Waals surface area contributed by atoms with E-state index in [2.05, 4.69) is 9.97 Å². The second-order valence-corrected chi connectivity index (χ2v) is 3.31. The number of nitrogens with zero attached hydrogens (tertiary/aromatic N) is 3. The highest BCUT2D eigenvalue weighted by molar-refractivity contribution is 5.59. The number of nitrogen functional groups attached to an aromatic ring is 1. The first kappa shape index (κ1) is 10.4. The summed E-state index contributed by atoms with van der Waals surface area (Å²) in [5.74, 6) is 0.577. The maximum atomic E-state index is 13.5. The van der Waals surface area contributed by atoms with Crippen LogP contribution >= 0.6 is 0 Å². The number of nitrogens with two attached hydrogens (primary N) is 1. The molecule has 2 N–H and O–H groups in total. The van der Waals surface area contributed by atoms with Gasteiger partial charge < -0.3 is 10.6 Å². The van der Waals surface area contributed by atoms with Crippen LogP contribution in [0.3, 0.4) is 0 Å². The summed E-state index contributed by atoms with van der Waals surface area (Å²) in [6.07, 6.45) is 2.94. The molecular weight excluding hydrogens is 207 g/mol. The van der Waals surface area contributed by atoms with Crippen molar-refractivity contribution in [1.29, 1.82) is 0 Å². The fraction of sp³-hybridized carbons (Fsp3) is 0.0909. The highest BCUT2D eigenvalue weighted by Gasteiger charge is 2.09. The molecule has 1 aromatic heterocycles. The standard InChI is InChI=1S/C11H11FN4/c1-16(9-5-3-2-4-8(9)12)11-7-14-10(13)6-15-11/h2-7H,1H3,(H2,13,14). The summed E-state index contributed by atoms with van der Waals surface area (Å²) in [6.45, 7) is 0. The van der Waals surface area contributed by atoms with Crippen LogP contribution in [0.1, 0.15) is 0 Å². The van der Waals surface area contributed by atoms with E-state index in [1.54, 1.807) is 30.1 Å². The van der Waals surface area contributed by atoms with Crippen LogP contribution in [-0.4, -0.2) is 17.0 Å². The van der Waals surface area contributed by atoms with Gasteiger partial charge in [0.2, 0.25) is 0 Å². The summed E-state index contributed by atoms with van der Waals surface area (Å²) in [5.41, 5.74) is 5.88. The Morgan fingerprint density at radius 1 is 1.19 bits per heavy atom. The van der Waals surface area contributed by atoms with Crippen molar-refractivity contribution in [2.24, 2.45) is 0 Å². The van der Waals surface area contributed by atoms with E-state index in [4.69, 9.17) is 5.73 Å². The zero-order valence-electron chi connectivity index (χ0n) is 8.76. The SMILES string of the molecule is CN(c1cnc(N)cn1)c1ccccc1F. The Kier molecular flexibility index (Phi) is 2.68. The molecule has 0 amide bonds. The van der Waals surface area contributed by atoms with E-state index >= 15 is 0 Å². The van der Waals surface area contributed by atoms with Crippen LogP contribution in [0.25, 0.3) is 0 Å². The van der Waals surface area contributed by atoms with E-state index in [-0.39, 0.29) is 5.82 Å². The molecule has 0 saturated carbocycles. The van der Waals surface area contributed by atoms with Crippen molar-refractivity contribution >= 4 is 17.3 Å². The Bertz CT molecular complexity index is 484. The van der Waals surface area contributed by atoms with Gasteiger partial charge in [0.15, 0.2) is 5.82 Å². The smallest absolute Gasteiger partial charge is 0.151 e. The Morgan fingerprint density at radius 3 is 2.56 bits per heavy atom. The molecule has 16 heavy (non-hydrogen) atoms. The molecule has 2 aromatic rings. The molecular formula is C11H11FN4. The number of hydrogen-bond donors (Lipinski definition) is 1. The number of hydrogen-bond acceptors (Lipinski definition) is 4. The molecule has 0 atom stereocenters. The minimum Gasteiger partial charge on any atom is -0.382 e. The Labute approximate surface area is 92.6 Å². The summed E-state index contributed by atoms with van der Waals surface area (Å²) in [5, 5.41) is 0. The quantitative estimate of drug-likeness (QED) is 0.837. The van der Waals surface area contributed by atoms with Gasteiger partial charge in [0.05, 0.1) is 18.1 Å². The van der Waals surface area contributed by atoms with Crippen LogP contribution in [0, 0.1) is 5.82 Å². The summed E-state index contributed by atoms with van der Waals surface area (Å²) < 4.78 is 13.5. The number of benzene rings is 1. The molecule has 1 aromatic carbocycles. The monoisotopic (exact) mass is 218 g/mol. The first-order valence-electron chi connectivity index (χ1n) is 4.74. The lowest BCUT2D eigenvalue weighted by atomic mass is 10.3. The van der Waals surface area contributed by atoms with E-state index in [1.165, 1.54) is 18.5 Å². The normalized spacial score (nSPS) is 10.1. The molecule has 4 nitrogen and oxygen atoms in total. The van der Waals surface area contributed by atoms with Crippen molar-refractivity contribution in [2.45, 2.75) is 0 Å². The molecule has 0 aliphatic carbocycles. The molecule has 0 saturated heterocycles. The lowest BCUT2D eigenvalue weighted by Gasteiger charge is -2.18. The Morgan fingerprint density at radius 2 is 1.94 bits per heavy atom. The van der Waals surface area contributed by atoms with Crippen molar-refractivity contribution in [3.05, 3.63) is 42.5 Å². The van der Waals surface area contributed by atoms with Crippen molar-refractivity contribution < 1.29 is 4.39 Å². The number of rotatable bonds is 2. The van der Waals surface area contributed by atoms with Crippen LogP contribution < -0.4 is 10.6 Å². The predicted molar refractivity (Wildman–Crippen MR) is 60.9 cm³/mol. The molecule has 2 rings (SSSR count). The molecule has 5 heteroatoms. The number of aromatic nitrogens is 2. The third-order valence-electron chi connectivity index (χ3n) is 2.22. The van der Waals surface area contributed by atoms with Crippen LogP contribution in [0.15, 0.2) is 36.7 Å². The second kappa shape index (κ2) is 4.14. The highest BCUT2D eigenvalue weighted by Crippen LogP contribution is 2.23. The fourth-order valence-corrected chi connectivity index (χ4v) is 1.35. The summed E-state index contributed by atoms with van der Waals surface area (Å²) in [4.78, 5) is 9.59. The Balaban J connectivity index is 2.35. The van der Waals surface area contributed by atoms with Gasteiger partial charge in [-0.2, -0.15) is 0 Å². The van der Waals surface area contributed by atoms with Crippen molar-refractivity contribution in [2.75, 3.05) is 17.7 Å². The van der Waals surface area contributed by atoms with Crippen LogP contribution in [-0.2, 0) is 0 Å². The van der Waals surface area contributed by atoms with Gasteiger partial charge in [-0.1, -0.05) is 12.1 Å². The van der Waals surface area contributed by atoms with Gasteiger partial charge in [-0.05, 0) is 12.1 Å². The average molecular weight is 218 g/mol. The van der Waals surface area contributed by atoms with Gasteiger partial charge >= 0.3 is 0 Å². The van der Waals surface area contributed by atoms with Crippen LogP contribution in [0.5, 0.6) is 0 Å². The summed E-state index contributed by atoms with van der Waals surface area (Å²) in [6, 6.07) is 6.48. The maximum Gasteiger partial charge on any atom is 0.151 e. The Hall–Kier alpha value is -2.17. The molecule has 0 fully saturated rings. The molecule has 0 bridgehead atoms. The molecule has 0 aliphatic rings. The third-order valence-corrected chi connectivity index (χ3v) is 2.22. The topological polar surface area (TPSA) is 55.0 Å². The first-order chi connectivity index (χ1) is 7.68. The number of halogens is 1. The molecule has 82 valence electrons. The van der Waals surface area contributed by atoms with E-state index < -0.39 is 0 Å². The van der Waals surface area contributed by atoms with E-state index in [9.17, 15) is 4.39 Å². The second-order valence-electron chi connectivity index (χ2n) is 3.31. The van der Waals surface area contributed by atoms with Gasteiger partial charge in [0, 0.05) is 7.05 Å². The average Bonchev–Trinajstić information content (AvgIpc) is 2.30. The lowest BCUT2D eigenvalue weighted by molar-refractivity contribution is 0.627. The van der Waals surface area contributed by atoms with Gasteiger partial charge in [0.1, 0.15) is 11.6 Å². The fourth-order valence-electron chi connectivity index (χ4n) is 1.35. The van der Waals surface area contributed by atoms with E-state index in [0.29, 0.717) is 17.3 Å². The largest absolute Gasteiger partial charge is 0.382 e. The first-order valence-corrected chi connectivity index (χ1v) is 4.74. The number of para-hydroxylation sites is 1. The summed E-state index contributed by atoms with van der Waals surface area (Å²) in [7, 11) is 1.72. The molecule has 0 radical (unpaired) electrons. The lowest BCUT2D eigenvalue weighted by Crippen LogP contribution is -2.13. The van der Waals surface area contributed by atoms with Gasteiger partial charge in [0.25, 0.3) is 0 Å². The van der Waals surface area contributed by atoms with Crippen molar-refractivity contribution in [1.82, 2.24) is 9.97 Å². The van der Waals surface area contributed by atoms with Gasteiger partial charge in [-0.15, -0.1) is 0 Å². The van der Waals surface area contributed by atoms with Crippen LogP contribution in [0.2, 0.25) is 0 Å². The number of anilines is 3. The summed E-state index contributed by atoms with van der Waals surface area (Å²) >= 11 is 0. The molecule has 0 unspecified atom stereocenters. The van der Waals surface area contributed by atoms with Crippen molar-refractivity contribution in [3.8, 4) is 0 Å². The van der Waals surface area contributed by atoms with E-state index in [0.717, 1.165) is 0 Å². The van der Waals surface area contributed by atoms with Gasteiger partial charge in [-0.25, -0.2) is 14.4 Å². The molecule has 0 aliphatic heterocycles. The maximum absolute atomic E-state index is 13.5. The molecule has 1 heterocycles. The van der Waals surface area contributed by atoms with E-state index in [1.807, 2.05) is 0 Å². The third kappa shape index (κ3) is 1.93.